The number of nitrogens with zero attached hydrogens (tertiary/aromatic N) is 4. The highest BCUT2D eigenvalue weighted by Crippen LogP contribution is 2.24. The minimum Gasteiger partial charge on any atom is -0.356 e. The lowest BCUT2D eigenvalue weighted by atomic mass is 10.3. The number of amides is 2. The number of benzene rings is 1. The van der Waals surface area contributed by atoms with Crippen molar-refractivity contribution in [2.75, 3.05) is 41.3 Å². The molecule has 2 aliphatic heterocycles. The molecule has 32 heavy (non-hydrogen) atoms. The predicted molar refractivity (Wildman–Crippen MR) is 120 cm³/mol. The number of aromatic nitrogens is 2. The lowest BCUT2D eigenvalue weighted by molar-refractivity contribution is -0.121. The van der Waals surface area contributed by atoms with E-state index in [1.54, 1.807) is 0 Å². The van der Waals surface area contributed by atoms with Gasteiger partial charge in [-0.25, -0.2) is 18.1 Å². The fourth-order valence-corrected chi connectivity index (χ4v) is 4.85. The van der Waals surface area contributed by atoms with E-state index in [1.165, 1.54) is 24.3 Å². The Balaban J connectivity index is 1.33. The van der Waals surface area contributed by atoms with Crippen LogP contribution in [0.1, 0.15) is 31.4 Å². The van der Waals surface area contributed by atoms with Gasteiger partial charge in [0.15, 0.2) is 0 Å². The van der Waals surface area contributed by atoms with E-state index in [4.69, 9.17) is 0 Å². The minimum atomic E-state index is -3.74. The number of aryl methyl sites for hydroxylation is 1. The maximum atomic E-state index is 12.6. The number of hydrogen-bond acceptors (Lipinski definition) is 8. The molecule has 170 valence electrons. The molecule has 0 spiro atoms. The van der Waals surface area contributed by atoms with Crippen LogP contribution >= 0.6 is 0 Å². The van der Waals surface area contributed by atoms with Gasteiger partial charge in [0.2, 0.25) is 27.8 Å². The summed E-state index contributed by atoms with van der Waals surface area (Å²) >= 11 is 0. The SMILES string of the molecule is Cc1cc(N2CCCC2)nc(NCCNS(=O)(=O)c2ccc(N3C(=O)CCC3=O)cc2)n1. The van der Waals surface area contributed by atoms with Crippen molar-refractivity contribution in [1.29, 1.82) is 0 Å². The highest BCUT2D eigenvalue weighted by Gasteiger charge is 2.30. The maximum Gasteiger partial charge on any atom is 0.240 e. The second kappa shape index (κ2) is 9.21. The number of anilines is 3. The van der Waals surface area contributed by atoms with Gasteiger partial charge >= 0.3 is 0 Å². The van der Waals surface area contributed by atoms with E-state index in [-0.39, 0.29) is 36.1 Å². The van der Waals surface area contributed by atoms with Crippen molar-refractivity contribution in [3.05, 3.63) is 36.0 Å². The van der Waals surface area contributed by atoms with Crippen molar-refractivity contribution < 1.29 is 18.0 Å². The number of carbonyl (C=O) groups excluding carboxylic acids is 2. The van der Waals surface area contributed by atoms with E-state index in [0.29, 0.717) is 18.2 Å². The van der Waals surface area contributed by atoms with Crippen LogP contribution in [0.5, 0.6) is 0 Å². The largest absolute Gasteiger partial charge is 0.356 e. The molecule has 3 heterocycles. The monoisotopic (exact) mass is 458 g/mol. The molecule has 2 amide bonds. The first-order valence-corrected chi connectivity index (χ1v) is 12.1. The Bertz CT molecular complexity index is 1100. The quantitative estimate of drug-likeness (QED) is 0.450. The standard InChI is InChI=1S/C21H26N6O4S/c1-15-14-18(26-12-2-3-13-26)25-21(24-15)22-10-11-23-32(30,31)17-6-4-16(5-7-17)27-19(28)8-9-20(27)29/h4-7,14,23H,2-3,8-13H2,1H3,(H,22,24,25). The minimum absolute atomic E-state index is 0.0588. The molecule has 2 aliphatic rings. The molecular weight excluding hydrogens is 432 g/mol. The smallest absolute Gasteiger partial charge is 0.240 e. The van der Waals surface area contributed by atoms with Crippen molar-refractivity contribution in [3.8, 4) is 0 Å². The van der Waals surface area contributed by atoms with Crippen LogP contribution in [0.15, 0.2) is 35.2 Å². The Kier molecular flexibility index (Phi) is 6.38. The van der Waals surface area contributed by atoms with Crippen molar-refractivity contribution in [2.24, 2.45) is 0 Å². The third-order valence-electron chi connectivity index (χ3n) is 5.43. The molecule has 0 atom stereocenters. The van der Waals surface area contributed by atoms with E-state index >= 15 is 0 Å². The van der Waals surface area contributed by atoms with Crippen LogP contribution in [0.25, 0.3) is 0 Å². The Hall–Kier alpha value is -3.05. The third-order valence-corrected chi connectivity index (χ3v) is 6.90. The zero-order valence-corrected chi connectivity index (χ0v) is 18.7. The molecular formula is C21H26N6O4S. The van der Waals surface area contributed by atoms with Gasteiger partial charge < -0.3 is 10.2 Å². The lowest BCUT2D eigenvalue weighted by Gasteiger charge is -2.17. The van der Waals surface area contributed by atoms with E-state index in [9.17, 15) is 18.0 Å². The first-order chi connectivity index (χ1) is 15.3. The first kappa shape index (κ1) is 22.2. The molecule has 0 bridgehead atoms. The van der Waals surface area contributed by atoms with E-state index in [2.05, 4.69) is 24.9 Å². The number of sulfonamides is 1. The van der Waals surface area contributed by atoms with E-state index < -0.39 is 10.0 Å². The molecule has 4 rings (SSSR count). The summed E-state index contributed by atoms with van der Waals surface area (Å²) in [5, 5.41) is 3.07. The molecule has 0 aliphatic carbocycles. The highest BCUT2D eigenvalue weighted by atomic mass is 32.2. The second-order valence-electron chi connectivity index (χ2n) is 7.83. The van der Waals surface area contributed by atoms with E-state index in [0.717, 1.165) is 42.3 Å². The highest BCUT2D eigenvalue weighted by molar-refractivity contribution is 7.89. The normalized spacial score (nSPS) is 16.8. The molecule has 2 N–H and O–H groups in total. The summed E-state index contributed by atoms with van der Waals surface area (Å²) in [5.41, 5.74) is 1.23. The molecule has 10 nitrogen and oxygen atoms in total. The van der Waals surface area contributed by atoms with Crippen LogP contribution in [0.2, 0.25) is 0 Å². The van der Waals surface area contributed by atoms with Crippen LogP contribution in [-0.2, 0) is 19.6 Å². The number of carbonyl (C=O) groups is 2. The first-order valence-electron chi connectivity index (χ1n) is 10.6. The molecule has 2 saturated heterocycles. The summed E-state index contributed by atoms with van der Waals surface area (Å²) in [7, 11) is -3.74. The molecule has 1 aromatic heterocycles. The van der Waals surface area contributed by atoms with Gasteiger partial charge in [0.25, 0.3) is 0 Å². The van der Waals surface area contributed by atoms with Crippen LogP contribution in [0.3, 0.4) is 0 Å². The zero-order valence-electron chi connectivity index (χ0n) is 17.9. The molecule has 1 aromatic carbocycles. The lowest BCUT2D eigenvalue weighted by Crippen LogP contribution is -2.30. The van der Waals surface area contributed by atoms with Gasteiger partial charge in [-0.3, -0.25) is 14.5 Å². The van der Waals surface area contributed by atoms with Gasteiger partial charge in [-0.2, -0.15) is 4.98 Å². The topological polar surface area (TPSA) is 125 Å². The van der Waals surface area contributed by atoms with Crippen LogP contribution in [0.4, 0.5) is 17.5 Å². The summed E-state index contributed by atoms with van der Waals surface area (Å²) in [6.07, 6.45) is 2.66. The summed E-state index contributed by atoms with van der Waals surface area (Å²) < 4.78 is 27.7. The van der Waals surface area contributed by atoms with Gasteiger partial charge in [0, 0.05) is 50.8 Å². The van der Waals surface area contributed by atoms with Gasteiger partial charge in [0.1, 0.15) is 5.82 Å². The van der Waals surface area contributed by atoms with Gasteiger partial charge in [0.05, 0.1) is 10.6 Å². The van der Waals surface area contributed by atoms with Crippen LogP contribution in [-0.4, -0.2) is 56.4 Å². The summed E-state index contributed by atoms with van der Waals surface area (Å²) in [5.74, 6) is 0.797. The van der Waals surface area contributed by atoms with Crippen molar-refractivity contribution in [2.45, 2.75) is 37.5 Å². The fraction of sp³-hybridized carbons (Fsp3) is 0.429. The van der Waals surface area contributed by atoms with Gasteiger partial charge in [-0.1, -0.05) is 0 Å². The number of hydrogen-bond donors (Lipinski definition) is 2. The van der Waals surface area contributed by atoms with Crippen molar-refractivity contribution in [1.82, 2.24) is 14.7 Å². The van der Waals surface area contributed by atoms with Crippen LogP contribution < -0.4 is 19.8 Å². The maximum absolute atomic E-state index is 12.6. The van der Waals surface area contributed by atoms with Crippen molar-refractivity contribution >= 4 is 39.3 Å². The van der Waals surface area contributed by atoms with Crippen molar-refractivity contribution in [3.63, 3.8) is 0 Å². The molecule has 11 heteroatoms. The summed E-state index contributed by atoms with van der Waals surface area (Å²) in [4.78, 5) is 35.9. The molecule has 2 aromatic rings. The Morgan fingerprint density at radius 1 is 0.969 bits per heavy atom. The number of nitrogens with one attached hydrogen (secondary N) is 2. The number of imide groups is 1. The second-order valence-corrected chi connectivity index (χ2v) is 9.59. The van der Waals surface area contributed by atoms with Crippen LogP contribution in [0, 0.1) is 6.92 Å². The predicted octanol–water partition coefficient (Wildman–Crippen LogP) is 1.43. The molecule has 0 saturated carbocycles. The summed E-state index contributed by atoms with van der Waals surface area (Å²) in [6.45, 7) is 4.33. The molecule has 2 fully saturated rings. The average Bonchev–Trinajstić information content (AvgIpc) is 3.41. The van der Waals surface area contributed by atoms with Gasteiger partial charge in [-0.05, 0) is 44.0 Å². The Morgan fingerprint density at radius 2 is 1.62 bits per heavy atom. The van der Waals surface area contributed by atoms with Gasteiger partial charge in [-0.15, -0.1) is 0 Å². The average molecular weight is 459 g/mol. The fourth-order valence-electron chi connectivity index (χ4n) is 3.82. The zero-order chi connectivity index (χ0) is 22.7. The summed E-state index contributed by atoms with van der Waals surface area (Å²) in [6, 6.07) is 7.65. The third kappa shape index (κ3) is 4.89. The number of rotatable bonds is 8. The van der Waals surface area contributed by atoms with E-state index in [1.807, 2.05) is 13.0 Å². The Morgan fingerprint density at radius 3 is 2.28 bits per heavy atom. The Labute approximate surface area is 187 Å². The molecule has 0 unspecified atom stereocenters. The molecule has 0 radical (unpaired) electrons.